The van der Waals surface area contributed by atoms with E-state index in [-0.39, 0.29) is 24.0 Å². The van der Waals surface area contributed by atoms with Crippen LogP contribution in [-0.2, 0) is 9.59 Å². The largest absolute Gasteiger partial charge is 0.465 e. The summed E-state index contributed by atoms with van der Waals surface area (Å²) in [6.45, 7) is 2.82. The molecule has 2 aliphatic rings. The van der Waals surface area contributed by atoms with Crippen molar-refractivity contribution in [2.24, 2.45) is 0 Å². The second-order valence-electron chi connectivity index (χ2n) is 5.73. The van der Waals surface area contributed by atoms with Crippen LogP contribution in [0.15, 0.2) is 27.7 Å². The summed E-state index contributed by atoms with van der Waals surface area (Å²) in [5.74, 6) is -0.235. The number of imide groups is 1. The lowest BCUT2D eigenvalue weighted by molar-refractivity contribution is -0.137. The first-order valence-corrected chi connectivity index (χ1v) is 8.80. The van der Waals surface area contributed by atoms with Gasteiger partial charge in [0.1, 0.15) is 12.3 Å². The number of carbonyl (C=O) groups is 3. The lowest BCUT2D eigenvalue weighted by atomic mass is 10.3. The predicted octanol–water partition coefficient (Wildman–Crippen LogP) is 0.452. The van der Waals surface area contributed by atoms with Crippen LogP contribution in [0.3, 0.4) is 0 Å². The molecule has 1 aromatic rings. The average molecular weight is 365 g/mol. The van der Waals surface area contributed by atoms with Crippen molar-refractivity contribution in [3.8, 4) is 0 Å². The number of nitrogens with zero attached hydrogens (tertiary/aromatic N) is 3. The first-order chi connectivity index (χ1) is 12.1. The van der Waals surface area contributed by atoms with Crippen molar-refractivity contribution in [2.75, 3.05) is 45.9 Å². The molecule has 2 fully saturated rings. The van der Waals surface area contributed by atoms with E-state index in [4.69, 9.17) is 9.52 Å². The second kappa shape index (κ2) is 7.85. The summed E-state index contributed by atoms with van der Waals surface area (Å²) in [6.07, 6.45) is 2.99. The first-order valence-electron chi connectivity index (χ1n) is 7.98. The van der Waals surface area contributed by atoms with Gasteiger partial charge in [0.2, 0.25) is 5.91 Å². The van der Waals surface area contributed by atoms with Crippen LogP contribution in [0.25, 0.3) is 6.08 Å². The third-order valence-electron chi connectivity index (χ3n) is 4.12. The van der Waals surface area contributed by atoms with Gasteiger partial charge in [0.25, 0.3) is 11.1 Å². The summed E-state index contributed by atoms with van der Waals surface area (Å²) >= 11 is 0.807. The van der Waals surface area contributed by atoms with E-state index in [1.807, 2.05) is 0 Å². The molecule has 2 aliphatic heterocycles. The highest BCUT2D eigenvalue weighted by atomic mass is 32.2. The lowest BCUT2D eigenvalue weighted by Gasteiger charge is -2.34. The zero-order valence-corrected chi connectivity index (χ0v) is 14.4. The molecule has 0 aromatic carbocycles. The highest BCUT2D eigenvalue weighted by Gasteiger charge is 2.37. The number of thioether (sulfide) groups is 1. The molecule has 0 saturated carbocycles. The minimum absolute atomic E-state index is 0.0900. The molecule has 0 unspecified atom stereocenters. The molecule has 3 amide bonds. The van der Waals surface area contributed by atoms with E-state index in [0.717, 1.165) is 16.7 Å². The van der Waals surface area contributed by atoms with Gasteiger partial charge in [-0.3, -0.25) is 24.2 Å². The van der Waals surface area contributed by atoms with Crippen LogP contribution in [0.4, 0.5) is 4.79 Å². The fourth-order valence-corrected chi connectivity index (χ4v) is 3.55. The quantitative estimate of drug-likeness (QED) is 0.757. The summed E-state index contributed by atoms with van der Waals surface area (Å²) in [4.78, 5) is 41.8. The number of aliphatic hydroxyl groups excluding tert-OH is 1. The van der Waals surface area contributed by atoms with Crippen molar-refractivity contribution in [1.29, 1.82) is 0 Å². The van der Waals surface area contributed by atoms with Crippen LogP contribution in [0.1, 0.15) is 5.76 Å². The summed E-state index contributed by atoms with van der Waals surface area (Å²) in [5.41, 5.74) is 0. The molecule has 0 aliphatic carbocycles. The monoisotopic (exact) mass is 365 g/mol. The third kappa shape index (κ3) is 4.12. The maximum absolute atomic E-state index is 12.4. The van der Waals surface area contributed by atoms with Crippen LogP contribution in [0.5, 0.6) is 0 Å². The van der Waals surface area contributed by atoms with Crippen molar-refractivity contribution in [1.82, 2.24) is 14.7 Å². The van der Waals surface area contributed by atoms with Gasteiger partial charge in [-0.15, -0.1) is 0 Å². The molecule has 0 bridgehead atoms. The number of rotatable bonds is 5. The fourth-order valence-electron chi connectivity index (χ4n) is 2.74. The molecular weight excluding hydrogens is 346 g/mol. The van der Waals surface area contributed by atoms with Gasteiger partial charge in [0, 0.05) is 38.8 Å². The Balaban J connectivity index is 1.58. The number of β-amino-alcohol motifs (C(OH)–C–C–N with tert-alkyl or cyclic N) is 1. The lowest BCUT2D eigenvalue weighted by Crippen LogP contribution is -2.52. The number of hydrogen-bond donors (Lipinski definition) is 1. The molecule has 1 aromatic heterocycles. The van der Waals surface area contributed by atoms with Gasteiger partial charge in [-0.25, -0.2) is 0 Å². The van der Waals surface area contributed by atoms with Gasteiger partial charge in [-0.1, -0.05) is 0 Å². The van der Waals surface area contributed by atoms with Crippen molar-refractivity contribution in [3.63, 3.8) is 0 Å². The summed E-state index contributed by atoms with van der Waals surface area (Å²) in [6, 6.07) is 3.38. The zero-order chi connectivity index (χ0) is 17.8. The highest BCUT2D eigenvalue weighted by molar-refractivity contribution is 8.18. The molecule has 0 atom stereocenters. The Morgan fingerprint density at radius 1 is 1.28 bits per heavy atom. The van der Waals surface area contributed by atoms with Crippen LogP contribution >= 0.6 is 11.8 Å². The standard InChI is InChI=1S/C16H19N3O5S/c20-8-7-17-3-5-18(6-4-17)14(21)11-19-15(22)13(25-16(19)23)10-12-2-1-9-24-12/h1-2,9-10,20H,3-8,11H2/b13-10-. The first kappa shape index (κ1) is 17.7. The number of hydrogen-bond acceptors (Lipinski definition) is 7. The van der Waals surface area contributed by atoms with Crippen molar-refractivity contribution >= 4 is 34.9 Å². The second-order valence-corrected chi connectivity index (χ2v) is 6.72. The molecular formula is C16H19N3O5S. The van der Waals surface area contributed by atoms with E-state index in [0.29, 0.717) is 38.5 Å². The summed E-state index contributed by atoms with van der Waals surface area (Å²) in [7, 11) is 0. The molecule has 0 spiro atoms. The maximum atomic E-state index is 12.4. The number of furan rings is 1. The van der Waals surface area contributed by atoms with E-state index < -0.39 is 11.1 Å². The molecule has 2 saturated heterocycles. The van der Waals surface area contributed by atoms with E-state index >= 15 is 0 Å². The average Bonchev–Trinajstić information content (AvgIpc) is 3.20. The Labute approximate surface area is 149 Å². The molecule has 3 heterocycles. The van der Waals surface area contributed by atoms with E-state index in [1.54, 1.807) is 17.0 Å². The zero-order valence-electron chi connectivity index (χ0n) is 13.6. The van der Waals surface area contributed by atoms with Crippen LogP contribution < -0.4 is 0 Å². The minimum atomic E-state index is -0.473. The Bertz CT molecular complexity index is 680. The molecule has 3 rings (SSSR count). The van der Waals surface area contributed by atoms with Gasteiger partial charge in [0.15, 0.2) is 0 Å². The van der Waals surface area contributed by atoms with E-state index in [2.05, 4.69) is 4.90 Å². The molecule has 134 valence electrons. The smallest absolute Gasteiger partial charge is 0.294 e. The Morgan fingerprint density at radius 3 is 2.68 bits per heavy atom. The van der Waals surface area contributed by atoms with E-state index in [1.165, 1.54) is 12.3 Å². The number of piperazine rings is 1. The molecule has 8 nitrogen and oxygen atoms in total. The molecule has 1 N–H and O–H groups in total. The van der Waals surface area contributed by atoms with Crippen LogP contribution in [0, 0.1) is 0 Å². The van der Waals surface area contributed by atoms with Crippen LogP contribution in [0.2, 0.25) is 0 Å². The highest BCUT2D eigenvalue weighted by Crippen LogP contribution is 2.32. The summed E-state index contributed by atoms with van der Waals surface area (Å²) < 4.78 is 5.15. The fraction of sp³-hybridized carbons (Fsp3) is 0.438. The SMILES string of the molecule is O=C(CN1C(=O)S/C(=C\c2ccco2)C1=O)N1CCN(CCO)CC1. The van der Waals surface area contributed by atoms with Crippen LogP contribution in [-0.4, -0.2) is 82.7 Å². The third-order valence-corrected chi connectivity index (χ3v) is 5.03. The molecule has 0 radical (unpaired) electrons. The van der Waals surface area contributed by atoms with Gasteiger partial charge in [-0.2, -0.15) is 0 Å². The van der Waals surface area contributed by atoms with Gasteiger partial charge >= 0.3 is 0 Å². The van der Waals surface area contributed by atoms with Gasteiger partial charge < -0.3 is 14.4 Å². The molecule has 25 heavy (non-hydrogen) atoms. The maximum Gasteiger partial charge on any atom is 0.294 e. The van der Waals surface area contributed by atoms with E-state index in [9.17, 15) is 14.4 Å². The van der Waals surface area contributed by atoms with Crippen molar-refractivity contribution < 1.29 is 23.9 Å². The molecule has 9 heteroatoms. The number of carbonyl (C=O) groups excluding carboxylic acids is 3. The summed E-state index contributed by atoms with van der Waals surface area (Å²) in [5, 5.41) is 8.49. The predicted molar refractivity (Wildman–Crippen MR) is 91.5 cm³/mol. The van der Waals surface area contributed by atoms with Gasteiger partial charge in [0.05, 0.1) is 17.8 Å². The minimum Gasteiger partial charge on any atom is -0.465 e. The van der Waals surface area contributed by atoms with Crippen molar-refractivity contribution in [2.45, 2.75) is 0 Å². The topological polar surface area (TPSA) is 94.3 Å². The Kier molecular flexibility index (Phi) is 5.57. The van der Waals surface area contributed by atoms with Crippen molar-refractivity contribution in [3.05, 3.63) is 29.1 Å². The normalized spacial score (nSPS) is 20.8. The number of aliphatic hydroxyl groups is 1. The van der Waals surface area contributed by atoms with Gasteiger partial charge in [-0.05, 0) is 23.9 Å². The Morgan fingerprint density at radius 2 is 2.04 bits per heavy atom. The Hall–Kier alpha value is -2.10. The number of amides is 3.